The molecule has 156 valence electrons. The zero-order valence-electron chi connectivity index (χ0n) is 15.9. The first-order valence-electron chi connectivity index (χ1n) is 8.87. The highest BCUT2D eigenvalue weighted by Crippen LogP contribution is 2.30. The van der Waals surface area contributed by atoms with Crippen LogP contribution in [-0.2, 0) is 13.2 Å². The summed E-state index contributed by atoms with van der Waals surface area (Å²) in [6.07, 6.45) is 0. The first-order valence-corrected chi connectivity index (χ1v) is 10.0. The molecule has 0 saturated heterocycles. The van der Waals surface area contributed by atoms with Gasteiger partial charge in [0.05, 0.1) is 18.4 Å². The minimum atomic E-state index is -1.02. The number of methoxy groups -OCH3 is 1. The number of halogens is 3. The van der Waals surface area contributed by atoms with Gasteiger partial charge in [-0.15, -0.1) is 0 Å². The van der Waals surface area contributed by atoms with Crippen molar-refractivity contribution in [2.75, 3.05) is 12.4 Å². The lowest BCUT2D eigenvalue weighted by Gasteiger charge is -2.16. The molecule has 0 saturated carbocycles. The Bertz CT molecular complexity index is 1070. The third kappa shape index (κ3) is 5.51. The van der Waals surface area contributed by atoms with Gasteiger partial charge in [0.1, 0.15) is 18.1 Å². The van der Waals surface area contributed by atoms with Crippen LogP contribution >= 0.6 is 34.8 Å². The first-order chi connectivity index (χ1) is 14.4. The minimum absolute atomic E-state index is 0.151. The fourth-order valence-corrected chi connectivity index (χ4v) is 3.45. The molecule has 3 aromatic carbocycles. The van der Waals surface area contributed by atoms with Gasteiger partial charge in [0, 0.05) is 32.7 Å². The van der Waals surface area contributed by atoms with Crippen LogP contribution < -0.4 is 14.8 Å². The molecule has 8 heteroatoms. The highest BCUT2D eigenvalue weighted by atomic mass is 35.5. The van der Waals surface area contributed by atoms with Crippen LogP contribution in [0.15, 0.2) is 54.6 Å². The number of rotatable bonds is 8. The number of benzene rings is 3. The molecular formula is C22H18Cl3NO4. The van der Waals surface area contributed by atoms with Gasteiger partial charge in [0.15, 0.2) is 0 Å². The molecule has 0 atom stereocenters. The molecule has 30 heavy (non-hydrogen) atoms. The Morgan fingerprint density at radius 2 is 1.63 bits per heavy atom. The Kier molecular flexibility index (Phi) is 7.32. The molecule has 3 aromatic rings. The van der Waals surface area contributed by atoms with Crippen molar-refractivity contribution in [3.05, 3.63) is 86.4 Å². The van der Waals surface area contributed by atoms with Crippen molar-refractivity contribution in [2.24, 2.45) is 0 Å². The molecule has 0 aliphatic rings. The van der Waals surface area contributed by atoms with Gasteiger partial charge >= 0.3 is 5.97 Å². The fraction of sp³-hybridized carbons (Fsp3) is 0.136. The Labute approximate surface area is 189 Å². The van der Waals surface area contributed by atoms with Crippen LogP contribution in [0.1, 0.15) is 21.5 Å². The van der Waals surface area contributed by atoms with Gasteiger partial charge in [0.25, 0.3) is 0 Å². The van der Waals surface area contributed by atoms with E-state index in [-0.39, 0.29) is 12.2 Å². The van der Waals surface area contributed by atoms with Gasteiger partial charge in [-0.2, -0.15) is 0 Å². The Hall–Kier alpha value is -2.60. The molecule has 0 fully saturated rings. The van der Waals surface area contributed by atoms with E-state index in [0.717, 1.165) is 11.1 Å². The summed E-state index contributed by atoms with van der Waals surface area (Å²) in [6, 6.07) is 15.1. The zero-order chi connectivity index (χ0) is 21.7. The van der Waals surface area contributed by atoms with Crippen molar-refractivity contribution in [2.45, 2.75) is 13.2 Å². The minimum Gasteiger partial charge on any atom is -0.495 e. The lowest BCUT2D eigenvalue weighted by Crippen LogP contribution is -2.06. The highest BCUT2D eigenvalue weighted by Gasteiger charge is 2.12. The normalized spacial score (nSPS) is 10.5. The lowest BCUT2D eigenvalue weighted by atomic mass is 10.1. The van der Waals surface area contributed by atoms with Crippen LogP contribution in [0.25, 0.3) is 0 Å². The van der Waals surface area contributed by atoms with E-state index in [1.165, 1.54) is 19.2 Å². The summed E-state index contributed by atoms with van der Waals surface area (Å²) in [5.41, 5.74) is 2.28. The lowest BCUT2D eigenvalue weighted by molar-refractivity contribution is 0.0697. The number of ether oxygens (including phenoxy) is 2. The molecule has 0 heterocycles. The summed E-state index contributed by atoms with van der Waals surface area (Å²) in [5.74, 6) is 0.121. The van der Waals surface area contributed by atoms with Crippen molar-refractivity contribution in [1.29, 1.82) is 0 Å². The maximum Gasteiger partial charge on any atom is 0.335 e. The fourth-order valence-electron chi connectivity index (χ4n) is 2.79. The molecular weight excluding hydrogens is 449 g/mol. The maximum atomic E-state index is 11.3. The third-order valence-electron chi connectivity index (χ3n) is 4.34. The van der Waals surface area contributed by atoms with Crippen LogP contribution in [0.4, 0.5) is 5.69 Å². The summed E-state index contributed by atoms with van der Waals surface area (Å²) < 4.78 is 11.3. The molecule has 0 aliphatic heterocycles. The number of anilines is 1. The largest absolute Gasteiger partial charge is 0.495 e. The predicted molar refractivity (Wildman–Crippen MR) is 120 cm³/mol. The first kappa shape index (κ1) is 22.1. The zero-order valence-corrected chi connectivity index (χ0v) is 18.2. The number of hydrogen-bond acceptors (Lipinski definition) is 4. The number of hydrogen-bond donors (Lipinski definition) is 2. The Morgan fingerprint density at radius 3 is 2.33 bits per heavy atom. The van der Waals surface area contributed by atoms with E-state index in [1.807, 2.05) is 0 Å². The smallest absolute Gasteiger partial charge is 0.335 e. The standard InChI is InChI=1S/C22H18Cl3NO4/c1-29-21-6-3-13(22(27)28)9-19(21)26-11-15-8-16(23)5-7-20(15)30-12-14-2-4-17(24)10-18(14)25/h2-10,26H,11-12H2,1H3,(H,27,28). The third-order valence-corrected chi connectivity index (χ3v) is 5.16. The van der Waals surface area contributed by atoms with Gasteiger partial charge in [-0.25, -0.2) is 4.79 Å². The second kappa shape index (κ2) is 9.94. The molecule has 5 nitrogen and oxygen atoms in total. The van der Waals surface area contributed by atoms with Crippen molar-refractivity contribution in [1.82, 2.24) is 0 Å². The number of carboxylic acids is 1. The van der Waals surface area contributed by atoms with Crippen molar-refractivity contribution >= 4 is 46.5 Å². The van der Waals surface area contributed by atoms with E-state index in [1.54, 1.807) is 42.5 Å². The van der Waals surface area contributed by atoms with E-state index in [4.69, 9.17) is 44.3 Å². The van der Waals surface area contributed by atoms with Crippen LogP contribution in [0.2, 0.25) is 15.1 Å². The van der Waals surface area contributed by atoms with Crippen molar-refractivity contribution < 1.29 is 19.4 Å². The van der Waals surface area contributed by atoms with Crippen LogP contribution in [0.3, 0.4) is 0 Å². The molecule has 0 aromatic heterocycles. The molecule has 0 radical (unpaired) electrons. The van der Waals surface area contributed by atoms with E-state index in [0.29, 0.717) is 38.8 Å². The molecule has 0 unspecified atom stereocenters. The summed E-state index contributed by atoms with van der Waals surface area (Å²) in [5, 5.41) is 14.0. The van der Waals surface area contributed by atoms with Crippen molar-refractivity contribution in [3.63, 3.8) is 0 Å². The summed E-state index contributed by atoms with van der Waals surface area (Å²) in [6.45, 7) is 0.589. The van der Waals surface area contributed by atoms with E-state index < -0.39 is 5.97 Å². The highest BCUT2D eigenvalue weighted by molar-refractivity contribution is 6.35. The molecule has 0 aliphatic carbocycles. The quantitative estimate of drug-likeness (QED) is 0.394. The number of nitrogens with one attached hydrogen (secondary N) is 1. The van der Waals surface area contributed by atoms with Crippen LogP contribution in [0, 0.1) is 0 Å². The van der Waals surface area contributed by atoms with Crippen molar-refractivity contribution in [3.8, 4) is 11.5 Å². The molecule has 0 bridgehead atoms. The summed E-state index contributed by atoms with van der Waals surface area (Å²) in [7, 11) is 1.52. The van der Waals surface area contributed by atoms with E-state index in [9.17, 15) is 9.90 Å². The van der Waals surface area contributed by atoms with Gasteiger partial charge < -0.3 is 19.9 Å². The van der Waals surface area contributed by atoms with E-state index >= 15 is 0 Å². The maximum absolute atomic E-state index is 11.3. The number of aromatic carboxylic acids is 1. The van der Waals surface area contributed by atoms with Gasteiger partial charge in [-0.05, 0) is 48.5 Å². The monoisotopic (exact) mass is 465 g/mol. The Balaban J connectivity index is 1.79. The van der Waals surface area contributed by atoms with Crippen LogP contribution in [0.5, 0.6) is 11.5 Å². The average Bonchev–Trinajstić information content (AvgIpc) is 2.72. The molecule has 3 rings (SSSR count). The topological polar surface area (TPSA) is 67.8 Å². The SMILES string of the molecule is COc1ccc(C(=O)O)cc1NCc1cc(Cl)ccc1OCc1ccc(Cl)cc1Cl. The van der Waals surface area contributed by atoms with Gasteiger partial charge in [-0.3, -0.25) is 0 Å². The van der Waals surface area contributed by atoms with Gasteiger partial charge in [0.2, 0.25) is 0 Å². The number of carbonyl (C=O) groups is 1. The second-order valence-electron chi connectivity index (χ2n) is 6.35. The second-order valence-corrected chi connectivity index (χ2v) is 7.63. The predicted octanol–water partition coefficient (Wildman–Crippen LogP) is 6.54. The average molecular weight is 467 g/mol. The molecule has 2 N–H and O–H groups in total. The van der Waals surface area contributed by atoms with E-state index in [2.05, 4.69) is 5.32 Å². The summed E-state index contributed by atoms with van der Waals surface area (Å²) >= 11 is 18.3. The summed E-state index contributed by atoms with van der Waals surface area (Å²) in [4.78, 5) is 11.3. The molecule has 0 amide bonds. The van der Waals surface area contributed by atoms with Gasteiger partial charge in [-0.1, -0.05) is 40.9 Å². The Morgan fingerprint density at radius 1 is 0.933 bits per heavy atom. The molecule has 0 spiro atoms. The number of carboxylic acid groups (broad SMARTS) is 1. The van der Waals surface area contributed by atoms with Crippen LogP contribution in [-0.4, -0.2) is 18.2 Å².